The van der Waals surface area contributed by atoms with E-state index in [1.807, 2.05) is 11.8 Å². The highest BCUT2D eigenvalue weighted by molar-refractivity contribution is 8.00. The second kappa shape index (κ2) is 7.32. The van der Waals surface area contributed by atoms with Crippen molar-refractivity contribution >= 4 is 17.7 Å². The molecular weight excluding hydrogens is 280 g/mol. The summed E-state index contributed by atoms with van der Waals surface area (Å²) in [4.78, 5) is 15.7. The van der Waals surface area contributed by atoms with Gasteiger partial charge in [-0.05, 0) is 51.7 Å². The summed E-state index contributed by atoms with van der Waals surface area (Å²) < 4.78 is 0. The van der Waals surface area contributed by atoms with Gasteiger partial charge in [0.15, 0.2) is 0 Å². The first-order valence-corrected chi connectivity index (χ1v) is 8.72. The van der Waals surface area contributed by atoms with E-state index in [2.05, 4.69) is 32.0 Å². The molecule has 21 heavy (non-hydrogen) atoms. The average molecular weight is 306 g/mol. The molecule has 3 nitrogen and oxygen atoms in total. The lowest BCUT2D eigenvalue weighted by molar-refractivity contribution is -0.132. The number of hydrogen-bond acceptors (Lipinski definition) is 3. The van der Waals surface area contributed by atoms with Crippen LogP contribution in [0.4, 0.5) is 0 Å². The van der Waals surface area contributed by atoms with Gasteiger partial charge in [0.25, 0.3) is 0 Å². The molecule has 0 spiro atoms. The number of amides is 1. The highest BCUT2D eigenvalue weighted by Crippen LogP contribution is 2.26. The molecule has 4 heteroatoms. The second-order valence-corrected chi connectivity index (χ2v) is 7.08. The molecule has 2 rings (SSSR count). The van der Waals surface area contributed by atoms with Crippen molar-refractivity contribution in [3.05, 3.63) is 29.3 Å². The second-order valence-electron chi connectivity index (χ2n) is 6.07. The fourth-order valence-electron chi connectivity index (χ4n) is 2.90. The molecule has 1 aliphatic heterocycles. The minimum Gasteiger partial charge on any atom is -0.337 e. The van der Waals surface area contributed by atoms with Crippen LogP contribution in [0.3, 0.4) is 0 Å². The molecule has 1 aromatic rings. The molecular formula is C17H26N2OS. The van der Waals surface area contributed by atoms with E-state index in [0.29, 0.717) is 5.75 Å². The number of rotatable bonds is 4. The molecule has 1 amide bonds. The third-order valence-corrected chi connectivity index (χ3v) is 5.31. The zero-order valence-corrected chi connectivity index (χ0v) is 14.1. The first kappa shape index (κ1) is 16.4. The number of thioether (sulfide) groups is 1. The van der Waals surface area contributed by atoms with Gasteiger partial charge in [-0.1, -0.05) is 17.7 Å². The third kappa shape index (κ3) is 4.24. The topological polar surface area (TPSA) is 46.3 Å². The van der Waals surface area contributed by atoms with Crippen LogP contribution < -0.4 is 5.73 Å². The number of carbonyl (C=O) groups excluding carboxylic acids is 1. The third-order valence-electron chi connectivity index (χ3n) is 4.17. The fourth-order valence-corrected chi connectivity index (χ4v) is 3.91. The van der Waals surface area contributed by atoms with Crippen molar-refractivity contribution < 1.29 is 4.79 Å². The van der Waals surface area contributed by atoms with E-state index in [9.17, 15) is 4.79 Å². The van der Waals surface area contributed by atoms with Gasteiger partial charge < -0.3 is 10.6 Å². The van der Waals surface area contributed by atoms with Gasteiger partial charge >= 0.3 is 0 Å². The maximum absolute atomic E-state index is 12.5. The molecule has 0 bridgehead atoms. The number of nitrogens with two attached hydrogens (primary N) is 1. The van der Waals surface area contributed by atoms with Crippen LogP contribution in [0.2, 0.25) is 0 Å². The lowest BCUT2D eigenvalue weighted by atomic mass is 9.97. The summed E-state index contributed by atoms with van der Waals surface area (Å²) in [5.41, 5.74) is 8.52. The Bertz CT molecular complexity index is 502. The highest BCUT2D eigenvalue weighted by Gasteiger charge is 2.28. The summed E-state index contributed by atoms with van der Waals surface area (Å²) in [5.74, 6) is 0.732. The molecule has 2 atom stereocenters. The Labute approximate surface area is 132 Å². The zero-order chi connectivity index (χ0) is 15.4. The van der Waals surface area contributed by atoms with Crippen molar-refractivity contribution in [3.8, 4) is 0 Å². The Kier molecular flexibility index (Phi) is 5.71. The Balaban J connectivity index is 1.98. The van der Waals surface area contributed by atoms with E-state index in [-0.39, 0.29) is 18.0 Å². The summed E-state index contributed by atoms with van der Waals surface area (Å²) in [6, 6.07) is 6.66. The number of hydrogen-bond donors (Lipinski definition) is 1. The molecule has 0 aliphatic carbocycles. The minimum atomic E-state index is 0.0555. The van der Waals surface area contributed by atoms with Crippen LogP contribution in [0, 0.1) is 13.8 Å². The number of benzene rings is 1. The number of likely N-dealkylation sites (tertiary alicyclic amines) is 1. The Morgan fingerprint density at radius 3 is 2.90 bits per heavy atom. The summed E-state index contributed by atoms with van der Waals surface area (Å²) in [6.07, 6.45) is 3.32. The number of aryl methyl sites for hydroxylation is 2. The van der Waals surface area contributed by atoms with E-state index in [4.69, 9.17) is 5.73 Å². The summed E-state index contributed by atoms with van der Waals surface area (Å²) in [6.45, 7) is 7.05. The Morgan fingerprint density at radius 1 is 1.43 bits per heavy atom. The van der Waals surface area contributed by atoms with Gasteiger partial charge in [0.2, 0.25) is 5.91 Å². The Hall–Kier alpha value is -1.00. The van der Waals surface area contributed by atoms with Gasteiger partial charge in [0.05, 0.1) is 5.75 Å². The molecule has 1 aromatic carbocycles. The van der Waals surface area contributed by atoms with Gasteiger partial charge in [-0.15, -0.1) is 11.8 Å². The van der Waals surface area contributed by atoms with E-state index in [1.54, 1.807) is 11.8 Å². The predicted molar refractivity (Wildman–Crippen MR) is 89.6 cm³/mol. The van der Waals surface area contributed by atoms with Gasteiger partial charge in [-0.3, -0.25) is 4.79 Å². The predicted octanol–water partition coefficient (Wildman–Crippen LogP) is 3.12. The van der Waals surface area contributed by atoms with Gasteiger partial charge in [0.1, 0.15) is 0 Å². The molecule has 1 fully saturated rings. The van der Waals surface area contributed by atoms with Crippen molar-refractivity contribution in [2.75, 3.05) is 12.3 Å². The van der Waals surface area contributed by atoms with Crippen molar-refractivity contribution in [2.24, 2.45) is 5.73 Å². The van der Waals surface area contributed by atoms with E-state index < -0.39 is 0 Å². The van der Waals surface area contributed by atoms with Crippen LogP contribution in [-0.4, -0.2) is 35.2 Å². The van der Waals surface area contributed by atoms with Crippen LogP contribution in [-0.2, 0) is 4.79 Å². The average Bonchev–Trinajstić information content (AvgIpc) is 2.47. The summed E-state index contributed by atoms with van der Waals surface area (Å²) >= 11 is 1.64. The van der Waals surface area contributed by atoms with Crippen LogP contribution in [0.25, 0.3) is 0 Å². The molecule has 2 unspecified atom stereocenters. The molecule has 0 radical (unpaired) electrons. The number of nitrogens with zero attached hydrogens (tertiary/aromatic N) is 1. The molecule has 1 aliphatic rings. The number of carbonyl (C=O) groups is 1. The zero-order valence-electron chi connectivity index (χ0n) is 13.3. The molecule has 1 heterocycles. The molecule has 116 valence electrons. The summed E-state index contributed by atoms with van der Waals surface area (Å²) in [7, 11) is 0. The highest BCUT2D eigenvalue weighted by atomic mass is 32.2. The molecule has 0 aromatic heterocycles. The smallest absolute Gasteiger partial charge is 0.233 e. The normalized spacial score (nSPS) is 20.4. The number of piperidine rings is 1. The van der Waals surface area contributed by atoms with Crippen LogP contribution in [0.1, 0.15) is 37.3 Å². The van der Waals surface area contributed by atoms with Crippen LogP contribution >= 0.6 is 11.8 Å². The van der Waals surface area contributed by atoms with Crippen LogP contribution in [0.15, 0.2) is 23.1 Å². The van der Waals surface area contributed by atoms with E-state index in [1.165, 1.54) is 22.4 Å². The van der Waals surface area contributed by atoms with E-state index in [0.717, 1.165) is 19.4 Å². The quantitative estimate of drug-likeness (QED) is 0.869. The lowest BCUT2D eigenvalue weighted by Crippen LogP contribution is -2.52. The maximum atomic E-state index is 12.5. The monoisotopic (exact) mass is 306 g/mol. The first-order valence-electron chi connectivity index (χ1n) is 7.74. The van der Waals surface area contributed by atoms with Gasteiger partial charge in [-0.25, -0.2) is 0 Å². The lowest BCUT2D eigenvalue weighted by Gasteiger charge is -2.38. The van der Waals surface area contributed by atoms with Crippen LogP contribution in [0.5, 0.6) is 0 Å². The van der Waals surface area contributed by atoms with E-state index >= 15 is 0 Å². The fraction of sp³-hybridized carbons (Fsp3) is 0.588. The summed E-state index contributed by atoms with van der Waals surface area (Å²) in [5, 5.41) is 0. The first-order chi connectivity index (χ1) is 9.99. The molecule has 1 saturated heterocycles. The molecule has 2 N–H and O–H groups in total. The van der Waals surface area contributed by atoms with Crippen molar-refractivity contribution in [3.63, 3.8) is 0 Å². The standard InChI is InChI=1S/C17H26N2OS/c1-12-7-8-13(2)16(10-12)21-11-17(20)19-9-5-4-6-15(19)14(3)18/h7-8,10,14-15H,4-6,9,11,18H2,1-3H3. The van der Waals surface area contributed by atoms with Crippen molar-refractivity contribution in [1.29, 1.82) is 0 Å². The van der Waals surface area contributed by atoms with Crippen molar-refractivity contribution in [2.45, 2.75) is 57.0 Å². The largest absolute Gasteiger partial charge is 0.337 e. The van der Waals surface area contributed by atoms with Gasteiger partial charge in [0, 0.05) is 23.5 Å². The minimum absolute atomic E-state index is 0.0555. The maximum Gasteiger partial charge on any atom is 0.233 e. The molecule has 0 saturated carbocycles. The Morgan fingerprint density at radius 2 is 2.19 bits per heavy atom. The SMILES string of the molecule is Cc1ccc(C)c(SCC(=O)N2CCCCC2C(C)N)c1. The van der Waals surface area contributed by atoms with Gasteiger partial charge in [-0.2, -0.15) is 0 Å². The van der Waals surface area contributed by atoms with Crippen molar-refractivity contribution in [1.82, 2.24) is 4.90 Å².